The van der Waals surface area contributed by atoms with Crippen molar-refractivity contribution < 1.29 is 9.90 Å². The third-order valence-electron chi connectivity index (χ3n) is 6.37. The van der Waals surface area contributed by atoms with E-state index in [1.165, 1.54) is 53.7 Å². The lowest BCUT2D eigenvalue weighted by molar-refractivity contribution is -0.255. The highest BCUT2D eigenvalue weighted by Gasteiger charge is 2.52. The summed E-state index contributed by atoms with van der Waals surface area (Å²) in [7, 11) is -1.60. The van der Waals surface area contributed by atoms with E-state index in [1.54, 1.807) is 18.2 Å². The van der Waals surface area contributed by atoms with Crippen LogP contribution in [0.5, 0.6) is 0 Å². The van der Waals surface area contributed by atoms with E-state index in [-0.39, 0.29) is 5.56 Å². The van der Waals surface area contributed by atoms with E-state index >= 15 is 0 Å². The Balaban J connectivity index is 0.000000243. The first kappa shape index (κ1) is 23.0. The molecule has 0 amide bonds. The minimum atomic E-state index is -1.60. The molecule has 0 spiro atoms. The van der Waals surface area contributed by atoms with Crippen molar-refractivity contribution in [2.45, 2.75) is 31.3 Å². The van der Waals surface area contributed by atoms with Gasteiger partial charge in [0.25, 0.3) is 0 Å². The van der Waals surface area contributed by atoms with Crippen molar-refractivity contribution in [2.75, 3.05) is 0 Å². The van der Waals surface area contributed by atoms with E-state index in [2.05, 4.69) is 91.0 Å². The first-order chi connectivity index (χ1) is 16.2. The first-order valence-corrected chi connectivity index (χ1v) is 13.4. The number of hydrogen-bond acceptors (Lipinski definition) is 2. The molecule has 0 radical (unpaired) electrons. The average molecular weight is 453 g/mol. The fourth-order valence-corrected chi connectivity index (χ4v) is 10.2. The number of hydrogen-bond donors (Lipinski definition) is 0. The van der Waals surface area contributed by atoms with E-state index < -0.39 is 13.2 Å². The summed E-state index contributed by atoms with van der Waals surface area (Å²) >= 11 is 0. The van der Waals surface area contributed by atoms with Gasteiger partial charge in [-0.15, -0.1) is 0 Å². The lowest BCUT2D eigenvalue weighted by Crippen LogP contribution is -2.37. The fourth-order valence-electron chi connectivity index (χ4n) is 4.93. The lowest BCUT2D eigenvalue weighted by Gasteiger charge is -2.32. The van der Waals surface area contributed by atoms with Gasteiger partial charge in [0.1, 0.15) is 23.2 Å². The van der Waals surface area contributed by atoms with E-state index in [0.717, 1.165) is 5.66 Å². The lowest BCUT2D eigenvalue weighted by atomic mass is 10.2. The molecular formula is C30H29O2P. The maximum atomic E-state index is 10.1. The molecule has 2 nitrogen and oxygen atoms in total. The van der Waals surface area contributed by atoms with Crippen molar-refractivity contribution >= 4 is 29.1 Å². The van der Waals surface area contributed by atoms with Crippen LogP contribution in [0.15, 0.2) is 121 Å². The van der Waals surface area contributed by atoms with Crippen molar-refractivity contribution in [1.82, 2.24) is 0 Å². The van der Waals surface area contributed by atoms with Crippen molar-refractivity contribution in [1.29, 1.82) is 0 Å². The van der Waals surface area contributed by atoms with Crippen LogP contribution in [0.1, 0.15) is 36.0 Å². The van der Waals surface area contributed by atoms with E-state index in [4.69, 9.17) is 0 Å². The van der Waals surface area contributed by atoms with Gasteiger partial charge >= 0.3 is 0 Å². The van der Waals surface area contributed by atoms with Crippen LogP contribution in [-0.4, -0.2) is 11.6 Å². The van der Waals surface area contributed by atoms with Crippen LogP contribution >= 0.6 is 7.26 Å². The Labute approximate surface area is 197 Å². The SMILES string of the molecule is O=C([O-])c1ccccc1.c1ccc([P+](c2ccccc2)(c2ccccc2)C2CCCC2)cc1. The number of carbonyl (C=O) groups is 1. The number of carboxylic acids is 1. The molecule has 3 heteroatoms. The van der Waals surface area contributed by atoms with Crippen molar-refractivity contribution in [3.63, 3.8) is 0 Å². The number of aromatic carboxylic acids is 1. The third kappa shape index (κ3) is 5.07. The Bertz CT molecular complexity index is 1030. The molecule has 33 heavy (non-hydrogen) atoms. The number of carbonyl (C=O) groups excluding carboxylic acids is 1. The summed E-state index contributed by atoms with van der Waals surface area (Å²) in [5.41, 5.74) is 0.988. The van der Waals surface area contributed by atoms with Gasteiger partial charge in [0.2, 0.25) is 0 Å². The third-order valence-corrected chi connectivity index (χ3v) is 11.3. The van der Waals surface area contributed by atoms with Gasteiger partial charge in [-0.1, -0.05) is 84.9 Å². The predicted molar refractivity (Wildman–Crippen MR) is 138 cm³/mol. The topological polar surface area (TPSA) is 40.1 Å². The molecule has 0 aliphatic heterocycles. The van der Waals surface area contributed by atoms with Gasteiger partial charge in [0, 0.05) is 0 Å². The molecule has 5 rings (SSSR count). The molecule has 0 atom stereocenters. The van der Waals surface area contributed by atoms with Gasteiger partial charge in [-0.3, -0.25) is 0 Å². The van der Waals surface area contributed by atoms with Crippen LogP contribution in [0.4, 0.5) is 0 Å². The first-order valence-electron chi connectivity index (χ1n) is 11.5. The second-order valence-corrected chi connectivity index (χ2v) is 12.0. The Kier molecular flexibility index (Phi) is 7.70. The van der Waals surface area contributed by atoms with E-state index in [1.807, 2.05) is 0 Å². The molecule has 0 heterocycles. The minimum Gasteiger partial charge on any atom is -0.545 e. The van der Waals surface area contributed by atoms with Crippen molar-refractivity contribution in [2.24, 2.45) is 0 Å². The van der Waals surface area contributed by atoms with Crippen LogP contribution < -0.4 is 21.0 Å². The Morgan fingerprint density at radius 1 is 0.576 bits per heavy atom. The molecule has 1 saturated carbocycles. The molecule has 166 valence electrons. The summed E-state index contributed by atoms with van der Waals surface area (Å²) in [6.07, 6.45) is 5.46. The summed E-state index contributed by atoms with van der Waals surface area (Å²) in [6.45, 7) is 0. The molecule has 1 aliphatic carbocycles. The van der Waals surface area contributed by atoms with Gasteiger partial charge in [0.05, 0.1) is 11.6 Å². The molecule has 1 aliphatic rings. The molecule has 0 saturated heterocycles. The normalized spacial score (nSPS) is 13.7. The Hall–Kier alpha value is -3.22. The second-order valence-electron chi connectivity index (χ2n) is 8.32. The quantitative estimate of drug-likeness (QED) is 0.401. The number of rotatable bonds is 5. The second kappa shape index (κ2) is 11.1. The number of benzene rings is 4. The number of carboxylic acid groups (broad SMARTS) is 1. The van der Waals surface area contributed by atoms with Gasteiger partial charge < -0.3 is 9.90 Å². The van der Waals surface area contributed by atoms with Crippen LogP contribution in [0.2, 0.25) is 0 Å². The van der Waals surface area contributed by atoms with Gasteiger partial charge in [-0.2, -0.15) is 0 Å². The summed E-state index contributed by atoms with van der Waals surface area (Å²) in [5, 5.41) is 14.7. The van der Waals surface area contributed by atoms with E-state index in [9.17, 15) is 9.90 Å². The Morgan fingerprint density at radius 2 is 0.909 bits per heavy atom. The van der Waals surface area contributed by atoms with Gasteiger partial charge in [-0.25, -0.2) is 0 Å². The van der Waals surface area contributed by atoms with Crippen LogP contribution in [0, 0.1) is 0 Å². The van der Waals surface area contributed by atoms with Crippen molar-refractivity contribution in [3.8, 4) is 0 Å². The highest BCUT2D eigenvalue weighted by Crippen LogP contribution is 2.63. The predicted octanol–water partition coefficient (Wildman–Crippen LogP) is 4.97. The molecule has 1 fully saturated rings. The monoisotopic (exact) mass is 452 g/mol. The fraction of sp³-hybridized carbons (Fsp3) is 0.167. The summed E-state index contributed by atoms with van der Waals surface area (Å²) < 4.78 is 0. The maximum Gasteiger partial charge on any atom is 0.115 e. The zero-order valence-electron chi connectivity index (χ0n) is 18.7. The average Bonchev–Trinajstić information content (AvgIpc) is 3.43. The summed E-state index contributed by atoms with van der Waals surface area (Å²) in [5.74, 6) is -1.13. The minimum absolute atomic E-state index is 0.220. The molecule has 4 aromatic carbocycles. The zero-order valence-corrected chi connectivity index (χ0v) is 19.6. The molecule has 0 bridgehead atoms. The van der Waals surface area contributed by atoms with Crippen LogP contribution in [0.25, 0.3) is 0 Å². The van der Waals surface area contributed by atoms with Crippen molar-refractivity contribution in [3.05, 3.63) is 127 Å². The molecule has 4 aromatic rings. The van der Waals surface area contributed by atoms with E-state index in [0.29, 0.717) is 0 Å². The molecular weight excluding hydrogens is 423 g/mol. The Morgan fingerprint density at radius 3 is 1.21 bits per heavy atom. The van der Waals surface area contributed by atoms with Crippen LogP contribution in [-0.2, 0) is 0 Å². The molecule has 0 unspecified atom stereocenters. The summed E-state index contributed by atoms with van der Waals surface area (Å²) in [6, 6.07) is 42.0. The molecule has 0 N–H and O–H groups in total. The highest BCUT2D eigenvalue weighted by molar-refractivity contribution is 7.96. The zero-order chi connectivity index (χ0) is 22.9. The van der Waals surface area contributed by atoms with Crippen LogP contribution in [0.3, 0.4) is 0 Å². The standard InChI is InChI=1S/C23H24P.C7H6O2/c1-4-12-20(13-5-1)24(23-18-10-11-19-23,21-14-6-2-7-15-21)22-16-8-3-9-17-22;8-7(9)6-4-2-1-3-5-6/h1-9,12-17,23H,10-11,18-19H2;1-5H,(H,8,9)/q+1;/p-1. The van der Waals surface area contributed by atoms with Gasteiger partial charge in [0.15, 0.2) is 0 Å². The summed E-state index contributed by atoms with van der Waals surface area (Å²) in [4.78, 5) is 10.1. The maximum absolute atomic E-state index is 10.1. The van der Waals surface area contributed by atoms with Gasteiger partial charge in [-0.05, 0) is 67.6 Å². The molecule has 0 aromatic heterocycles. The largest absolute Gasteiger partial charge is 0.545 e. The highest BCUT2D eigenvalue weighted by atomic mass is 31.2. The smallest absolute Gasteiger partial charge is 0.115 e.